The van der Waals surface area contributed by atoms with Crippen LogP contribution in [0, 0.1) is 0 Å². The fourth-order valence-corrected chi connectivity index (χ4v) is 4.07. The Morgan fingerprint density at radius 1 is 0.806 bits per heavy atom. The lowest BCUT2D eigenvalue weighted by atomic mass is 9.85. The van der Waals surface area contributed by atoms with E-state index in [1.807, 2.05) is 0 Å². The van der Waals surface area contributed by atoms with Crippen LogP contribution in [0.1, 0.15) is 31.9 Å². The average molecular weight is 505 g/mol. The summed E-state index contributed by atoms with van der Waals surface area (Å²) in [7, 11) is -21.1. The van der Waals surface area contributed by atoms with Gasteiger partial charge in [0.1, 0.15) is 15.5 Å². The van der Waals surface area contributed by atoms with Crippen molar-refractivity contribution in [1.29, 1.82) is 0 Å². The van der Waals surface area contributed by atoms with Gasteiger partial charge >= 0.3 is 20.4 Å². The molecule has 0 aliphatic heterocycles. The second kappa shape index (κ2) is 5.63. The number of benzene rings is 2. The van der Waals surface area contributed by atoms with Crippen LogP contribution in [0.2, 0.25) is 0 Å². The summed E-state index contributed by atoms with van der Waals surface area (Å²) < 4.78 is 131. The molecule has 1 N–H and O–H groups in total. The molecule has 0 saturated carbocycles. The van der Waals surface area contributed by atoms with Crippen molar-refractivity contribution in [3.05, 3.63) is 47.5 Å². The van der Waals surface area contributed by atoms with E-state index in [0.29, 0.717) is 6.21 Å². The zero-order chi connectivity index (χ0) is 24.4. The van der Waals surface area contributed by atoms with E-state index >= 15 is 0 Å². The Bertz CT molecular complexity index is 1090. The largest absolute Gasteiger partial charge is 0.507 e. The SMILES string of the molecule is CC(C)(C)c1cccc(C=Nc2cc(S(F)(F)(F)(F)F)ccc2S(F)(F)(F)(F)F)c1O. The first-order chi connectivity index (χ1) is 13.2. The summed E-state index contributed by atoms with van der Waals surface area (Å²) in [4.78, 5) is -2.70. The second-order valence-corrected chi connectivity index (χ2v) is 12.6. The minimum atomic E-state index is -10.6. The number of para-hydroxylation sites is 1. The molecule has 0 atom stereocenters. The Morgan fingerprint density at radius 2 is 1.35 bits per heavy atom. The molecule has 0 heterocycles. The van der Waals surface area contributed by atoms with Crippen LogP contribution in [-0.2, 0) is 5.41 Å². The van der Waals surface area contributed by atoms with Gasteiger partial charge in [0.15, 0.2) is 0 Å². The van der Waals surface area contributed by atoms with E-state index in [-0.39, 0.29) is 11.1 Å². The molecule has 31 heavy (non-hydrogen) atoms. The molecule has 0 spiro atoms. The molecule has 0 fully saturated rings. The maximum absolute atomic E-state index is 13.3. The molecule has 0 aliphatic rings. The van der Waals surface area contributed by atoms with Crippen LogP contribution < -0.4 is 0 Å². The molecular weight excluding hydrogens is 488 g/mol. The topological polar surface area (TPSA) is 32.6 Å². The van der Waals surface area contributed by atoms with Crippen LogP contribution in [0.15, 0.2) is 51.2 Å². The Hall–Kier alpha value is -2.09. The van der Waals surface area contributed by atoms with Gasteiger partial charge in [-0.25, -0.2) is 0 Å². The van der Waals surface area contributed by atoms with Crippen LogP contribution in [0.4, 0.5) is 44.5 Å². The molecule has 2 rings (SSSR count). The number of hydrogen-bond acceptors (Lipinski definition) is 2. The summed E-state index contributed by atoms with van der Waals surface area (Å²) in [5.41, 5.74) is -2.79. The Balaban J connectivity index is 2.79. The van der Waals surface area contributed by atoms with Crippen LogP contribution >= 0.6 is 20.4 Å². The van der Waals surface area contributed by atoms with Gasteiger partial charge in [-0.1, -0.05) is 71.8 Å². The van der Waals surface area contributed by atoms with E-state index in [0.717, 1.165) is 6.07 Å². The van der Waals surface area contributed by atoms with Gasteiger partial charge in [0, 0.05) is 11.8 Å². The minimum Gasteiger partial charge on any atom is -0.507 e. The molecule has 0 aromatic heterocycles. The average Bonchev–Trinajstić information content (AvgIpc) is 2.48. The van der Waals surface area contributed by atoms with Gasteiger partial charge in [0.25, 0.3) is 0 Å². The number of hydrogen-bond donors (Lipinski definition) is 1. The normalized spacial score (nSPS) is 18.2. The summed E-state index contributed by atoms with van der Waals surface area (Å²) >= 11 is 0. The summed E-state index contributed by atoms with van der Waals surface area (Å²) in [6, 6.07) is 1.57. The molecule has 0 amide bonds. The molecule has 0 saturated heterocycles. The summed E-state index contributed by atoms with van der Waals surface area (Å²) in [6.07, 6.45) is 0.391. The predicted octanol–water partition coefficient (Wildman–Crippen LogP) is 9.76. The van der Waals surface area contributed by atoms with E-state index in [2.05, 4.69) is 4.99 Å². The molecule has 0 radical (unpaired) electrons. The second-order valence-electron chi connectivity index (χ2n) is 7.82. The van der Waals surface area contributed by atoms with Crippen molar-refractivity contribution in [2.24, 2.45) is 4.99 Å². The molecule has 2 aromatic rings. The number of rotatable bonds is 4. The van der Waals surface area contributed by atoms with Crippen molar-refractivity contribution in [3.63, 3.8) is 0 Å². The smallest absolute Gasteiger partial charge is 0.312 e. The number of aliphatic imine (C=N–C) groups is 1. The van der Waals surface area contributed by atoms with Crippen molar-refractivity contribution >= 4 is 32.4 Å². The third-order valence-corrected chi connectivity index (χ3v) is 6.33. The Labute approximate surface area is 171 Å². The van der Waals surface area contributed by atoms with Gasteiger partial charge in [0.2, 0.25) is 0 Å². The maximum Gasteiger partial charge on any atom is 0.312 e. The van der Waals surface area contributed by atoms with Crippen molar-refractivity contribution in [1.82, 2.24) is 0 Å². The first-order valence-corrected chi connectivity index (χ1v) is 12.1. The van der Waals surface area contributed by atoms with E-state index in [1.54, 1.807) is 20.8 Å². The zero-order valence-corrected chi connectivity index (χ0v) is 17.7. The van der Waals surface area contributed by atoms with Gasteiger partial charge < -0.3 is 5.11 Å². The number of aromatic hydroxyl groups is 1. The number of phenolic OH excluding ortho intramolecular Hbond substituents is 1. The Kier molecular flexibility index (Phi) is 4.57. The van der Waals surface area contributed by atoms with Crippen LogP contribution in [0.3, 0.4) is 0 Å². The molecule has 0 bridgehead atoms. The number of halogens is 10. The molecule has 0 unspecified atom stereocenters. The predicted molar refractivity (Wildman–Crippen MR) is 103 cm³/mol. The van der Waals surface area contributed by atoms with E-state index in [4.69, 9.17) is 0 Å². The summed E-state index contributed by atoms with van der Waals surface area (Å²) in [5, 5.41) is 10.3. The fourth-order valence-electron chi connectivity index (χ4n) is 2.57. The van der Waals surface area contributed by atoms with E-state index < -0.39 is 65.3 Å². The van der Waals surface area contributed by atoms with Gasteiger partial charge in [-0.05, 0) is 35.2 Å². The zero-order valence-electron chi connectivity index (χ0n) is 16.0. The van der Waals surface area contributed by atoms with Crippen LogP contribution in [0.5, 0.6) is 5.75 Å². The lowest BCUT2D eigenvalue weighted by Crippen LogP contribution is -2.12. The van der Waals surface area contributed by atoms with E-state index in [9.17, 15) is 44.0 Å². The Morgan fingerprint density at radius 3 is 1.81 bits per heavy atom. The van der Waals surface area contributed by atoms with Gasteiger partial charge in [-0.15, -0.1) is 0 Å². The van der Waals surface area contributed by atoms with E-state index in [1.165, 1.54) is 12.1 Å². The first kappa shape index (κ1) is 25.2. The highest BCUT2D eigenvalue weighted by molar-refractivity contribution is 8.46. The molecule has 178 valence electrons. The summed E-state index contributed by atoms with van der Waals surface area (Å²) in [5.74, 6) is -0.517. The number of phenols is 1. The first-order valence-electron chi connectivity index (χ1n) is 8.18. The quantitative estimate of drug-likeness (QED) is 0.326. The highest BCUT2D eigenvalue weighted by atomic mass is 32.5. The van der Waals surface area contributed by atoms with Crippen molar-refractivity contribution in [2.75, 3.05) is 0 Å². The standard InChI is InChI=1S/C17H17F10NOS2/c1-17(2,3)13-6-4-5-11(16(13)29)10-28-14-9-12(30(18,19,20,21)22)7-8-15(14)31(23,24,25,26)27/h4-10,29H,1-3H3. The van der Waals surface area contributed by atoms with Gasteiger partial charge in [-0.2, -0.15) is 0 Å². The molecular formula is C17H17F10NOS2. The highest BCUT2D eigenvalue weighted by Gasteiger charge is 2.69. The molecule has 2 nitrogen and oxygen atoms in total. The maximum atomic E-state index is 13.3. The van der Waals surface area contributed by atoms with Crippen molar-refractivity contribution < 1.29 is 44.0 Å². The minimum absolute atomic E-state index is 0.269. The third-order valence-electron chi connectivity index (χ3n) is 4.01. The van der Waals surface area contributed by atoms with Crippen molar-refractivity contribution in [2.45, 2.75) is 36.0 Å². The molecule has 14 heteroatoms. The lowest BCUT2D eigenvalue weighted by molar-refractivity contribution is 0.357. The van der Waals surface area contributed by atoms with Crippen molar-refractivity contribution in [3.8, 4) is 5.75 Å². The third kappa shape index (κ3) is 5.99. The van der Waals surface area contributed by atoms with Gasteiger partial charge in [-0.3, -0.25) is 4.99 Å². The summed E-state index contributed by atoms with van der Waals surface area (Å²) in [6.45, 7) is 4.98. The van der Waals surface area contributed by atoms with Crippen LogP contribution in [-0.4, -0.2) is 11.3 Å². The van der Waals surface area contributed by atoms with Crippen LogP contribution in [0.25, 0.3) is 0 Å². The highest BCUT2D eigenvalue weighted by Crippen LogP contribution is 3.04. The fraction of sp³-hybridized carbons (Fsp3) is 0.235. The molecule has 2 aromatic carbocycles. The molecule has 0 aliphatic carbocycles. The number of nitrogens with zero attached hydrogens (tertiary/aromatic N) is 1. The van der Waals surface area contributed by atoms with Gasteiger partial charge in [0.05, 0.1) is 5.69 Å². The monoisotopic (exact) mass is 505 g/mol. The lowest BCUT2D eigenvalue weighted by Gasteiger charge is -2.43.